The van der Waals surface area contributed by atoms with E-state index in [4.69, 9.17) is 0 Å². The van der Waals surface area contributed by atoms with Gasteiger partial charge < -0.3 is 15.4 Å². The van der Waals surface area contributed by atoms with Crippen LogP contribution in [-0.2, 0) is 13.1 Å². The molecule has 0 saturated heterocycles. The number of imidazole rings is 1. The van der Waals surface area contributed by atoms with Crippen LogP contribution in [0.4, 0.5) is 11.6 Å². The smallest absolute Gasteiger partial charge is 0.359 e. The largest absolute Gasteiger partial charge is 0.372 e. The standard InChI is InChI=1S/C18H16N6O2/c25-24(26)18-17(21-16-8-3-4-11-23(16)18)19-12-14-6-1-2-7-15(14)13-22-10-5-9-20-22/h1-11,19H,12-13H2. The molecule has 0 unspecified atom stereocenters. The van der Waals surface area contributed by atoms with E-state index < -0.39 is 4.92 Å². The highest BCUT2D eigenvalue weighted by atomic mass is 16.6. The van der Waals surface area contributed by atoms with Crippen LogP contribution in [0.25, 0.3) is 5.65 Å². The van der Waals surface area contributed by atoms with Crippen LogP contribution in [0.1, 0.15) is 11.1 Å². The van der Waals surface area contributed by atoms with Crippen LogP contribution in [0.3, 0.4) is 0 Å². The molecule has 3 heterocycles. The second-order valence-electron chi connectivity index (χ2n) is 5.80. The summed E-state index contributed by atoms with van der Waals surface area (Å²) in [5.74, 6) is 0.195. The summed E-state index contributed by atoms with van der Waals surface area (Å²) >= 11 is 0. The van der Waals surface area contributed by atoms with Crippen molar-refractivity contribution in [1.29, 1.82) is 0 Å². The highest BCUT2D eigenvalue weighted by Gasteiger charge is 2.22. The molecule has 26 heavy (non-hydrogen) atoms. The van der Waals surface area contributed by atoms with Crippen LogP contribution in [0.2, 0.25) is 0 Å². The zero-order chi connectivity index (χ0) is 17.9. The topological polar surface area (TPSA) is 90.3 Å². The zero-order valence-electron chi connectivity index (χ0n) is 13.8. The van der Waals surface area contributed by atoms with Gasteiger partial charge in [0, 0.05) is 25.0 Å². The number of hydrogen-bond acceptors (Lipinski definition) is 5. The van der Waals surface area contributed by atoms with E-state index in [1.807, 2.05) is 41.2 Å². The lowest BCUT2D eigenvalue weighted by Gasteiger charge is -2.10. The predicted molar refractivity (Wildman–Crippen MR) is 96.9 cm³/mol. The molecule has 8 heteroatoms. The molecular weight excluding hydrogens is 332 g/mol. The fourth-order valence-corrected chi connectivity index (χ4v) is 2.91. The SMILES string of the molecule is O=[N+]([O-])c1c(NCc2ccccc2Cn2cccn2)nc2ccccn12. The number of benzene rings is 1. The van der Waals surface area contributed by atoms with E-state index in [0.717, 1.165) is 11.1 Å². The molecule has 0 atom stereocenters. The van der Waals surface area contributed by atoms with Crippen molar-refractivity contribution in [1.82, 2.24) is 19.2 Å². The lowest BCUT2D eigenvalue weighted by Crippen LogP contribution is -2.08. The van der Waals surface area contributed by atoms with Gasteiger partial charge >= 0.3 is 5.82 Å². The molecule has 0 radical (unpaired) electrons. The summed E-state index contributed by atoms with van der Waals surface area (Å²) in [4.78, 5) is 15.4. The summed E-state index contributed by atoms with van der Waals surface area (Å²) in [5.41, 5.74) is 2.66. The third kappa shape index (κ3) is 3.00. The van der Waals surface area contributed by atoms with E-state index in [1.165, 1.54) is 4.40 Å². The van der Waals surface area contributed by atoms with Gasteiger partial charge in [-0.25, -0.2) is 0 Å². The van der Waals surface area contributed by atoms with Crippen molar-refractivity contribution in [2.24, 2.45) is 0 Å². The molecular formula is C18H16N6O2. The average molecular weight is 348 g/mol. The van der Waals surface area contributed by atoms with Crippen molar-refractivity contribution < 1.29 is 4.92 Å². The first-order valence-corrected chi connectivity index (χ1v) is 8.12. The quantitative estimate of drug-likeness (QED) is 0.427. The van der Waals surface area contributed by atoms with E-state index in [9.17, 15) is 10.1 Å². The number of aromatic nitrogens is 4. The maximum Gasteiger partial charge on any atom is 0.372 e. The molecule has 8 nitrogen and oxygen atoms in total. The van der Waals surface area contributed by atoms with Crippen molar-refractivity contribution in [2.75, 3.05) is 5.32 Å². The van der Waals surface area contributed by atoms with Gasteiger partial charge in [0.2, 0.25) is 11.5 Å². The normalized spacial score (nSPS) is 10.9. The molecule has 0 spiro atoms. The van der Waals surface area contributed by atoms with E-state index in [2.05, 4.69) is 15.4 Å². The summed E-state index contributed by atoms with van der Waals surface area (Å²) in [7, 11) is 0. The molecule has 4 rings (SSSR count). The fraction of sp³-hybridized carbons (Fsp3) is 0.111. The Morgan fingerprint density at radius 2 is 1.85 bits per heavy atom. The molecule has 130 valence electrons. The number of hydrogen-bond donors (Lipinski definition) is 1. The van der Waals surface area contributed by atoms with Crippen LogP contribution in [-0.4, -0.2) is 24.1 Å². The molecule has 0 aliphatic rings. The second-order valence-corrected chi connectivity index (χ2v) is 5.80. The highest BCUT2D eigenvalue weighted by Crippen LogP contribution is 2.26. The van der Waals surface area contributed by atoms with E-state index >= 15 is 0 Å². The molecule has 0 aliphatic carbocycles. The first kappa shape index (κ1) is 15.8. The lowest BCUT2D eigenvalue weighted by atomic mass is 10.1. The van der Waals surface area contributed by atoms with Gasteiger partial charge in [0.05, 0.1) is 12.7 Å². The molecule has 1 N–H and O–H groups in total. The van der Waals surface area contributed by atoms with Crippen LogP contribution < -0.4 is 5.32 Å². The summed E-state index contributed by atoms with van der Waals surface area (Å²) < 4.78 is 3.31. The lowest BCUT2D eigenvalue weighted by molar-refractivity contribution is -0.389. The molecule has 1 aromatic carbocycles. The third-order valence-corrected chi connectivity index (χ3v) is 4.13. The average Bonchev–Trinajstić information content (AvgIpc) is 3.28. The van der Waals surface area contributed by atoms with Gasteiger partial charge in [0.1, 0.15) is 0 Å². The fourth-order valence-electron chi connectivity index (χ4n) is 2.91. The number of nitrogens with zero attached hydrogens (tertiary/aromatic N) is 5. The maximum absolute atomic E-state index is 11.5. The number of nitro groups is 1. The number of rotatable bonds is 6. The summed E-state index contributed by atoms with van der Waals surface area (Å²) in [6.45, 7) is 1.07. The summed E-state index contributed by atoms with van der Waals surface area (Å²) in [5, 5.41) is 18.8. The van der Waals surface area contributed by atoms with Gasteiger partial charge in [0.15, 0.2) is 0 Å². The van der Waals surface area contributed by atoms with Crippen molar-refractivity contribution in [3.8, 4) is 0 Å². The number of anilines is 1. The summed E-state index contributed by atoms with van der Waals surface area (Å²) in [6, 6.07) is 15.1. The Kier molecular flexibility index (Phi) is 4.06. The molecule has 4 aromatic rings. The van der Waals surface area contributed by atoms with E-state index in [1.54, 1.807) is 30.6 Å². The van der Waals surface area contributed by atoms with Gasteiger partial charge in [0.25, 0.3) is 0 Å². The minimum absolute atomic E-state index is 0.0647. The Balaban J connectivity index is 1.61. The highest BCUT2D eigenvalue weighted by molar-refractivity contribution is 5.62. The summed E-state index contributed by atoms with van der Waals surface area (Å²) in [6.07, 6.45) is 5.27. The Bertz CT molecular complexity index is 1050. The zero-order valence-corrected chi connectivity index (χ0v) is 13.8. The number of pyridine rings is 1. The van der Waals surface area contributed by atoms with Crippen LogP contribution in [0, 0.1) is 10.1 Å². The van der Waals surface area contributed by atoms with E-state index in [0.29, 0.717) is 18.7 Å². The first-order chi connectivity index (χ1) is 12.7. The van der Waals surface area contributed by atoms with Crippen molar-refractivity contribution in [2.45, 2.75) is 13.1 Å². The van der Waals surface area contributed by atoms with Crippen LogP contribution >= 0.6 is 0 Å². The molecule has 0 fully saturated rings. The molecule has 0 saturated carbocycles. The second kappa shape index (κ2) is 6.67. The molecule has 3 aromatic heterocycles. The van der Waals surface area contributed by atoms with Gasteiger partial charge in [-0.15, -0.1) is 0 Å². The van der Waals surface area contributed by atoms with E-state index in [-0.39, 0.29) is 11.6 Å². The molecule has 0 bridgehead atoms. The Morgan fingerprint density at radius 1 is 1.04 bits per heavy atom. The van der Waals surface area contributed by atoms with Crippen LogP contribution in [0.15, 0.2) is 67.1 Å². The van der Waals surface area contributed by atoms with Gasteiger partial charge in [-0.05, 0) is 28.2 Å². The Hall–Kier alpha value is -3.68. The first-order valence-electron chi connectivity index (χ1n) is 8.12. The minimum Gasteiger partial charge on any atom is -0.359 e. The number of fused-ring (bicyclic) bond motifs is 1. The predicted octanol–water partition coefficient (Wildman–Crippen LogP) is 3.10. The Morgan fingerprint density at radius 3 is 2.62 bits per heavy atom. The monoisotopic (exact) mass is 348 g/mol. The van der Waals surface area contributed by atoms with Crippen molar-refractivity contribution in [3.05, 3.63) is 88.4 Å². The van der Waals surface area contributed by atoms with Crippen LogP contribution in [0.5, 0.6) is 0 Å². The third-order valence-electron chi connectivity index (χ3n) is 4.13. The van der Waals surface area contributed by atoms with Gasteiger partial charge in [-0.3, -0.25) is 4.68 Å². The molecule has 0 amide bonds. The van der Waals surface area contributed by atoms with Crippen molar-refractivity contribution in [3.63, 3.8) is 0 Å². The maximum atomic E-state index is 11.5. The minimum atomic E-state index is -0.419. The number of nitrogens with one attached hydrogen (secondary N) is 1. The molecule has 0 aliphatic heterocycles. The van der Waals surface area contributed by atoms with Crippen molar-refractivity contribution >= 4 is 17.3 Å². The van der Waals surface area contributed by atoms with Gasteiger partial charge in [-0.1, -0.05) is 30.3 Å². The van der Waals surface area contributed by atoms with Gasteiger partial charge in [-0.2, -0.15) is 14.5 Å². The Labute approximate surface area is 148 Å².